The Hall–Kier alpha value is -2.72. The molecule has 2 fully saturated rings. The fraction of sp³-hybridized carbons (Fsp3) is 0.370. The van der Waals surface area contributed by atoms with Crippen LogP contribution in [0.4, 0.5) is 4.39 Å². The maximum atomic E-state index is 14.3. The molecule has 2 heterocycles. The highest BCUT2D eigenvalue weighted by Gasteiger charge is 2.34. The minimum atomic E-state index is -0.473. The Bertz CT molecular complexity index is 1250. The SMILES string of the molecule is O[C@H](c1c(C2CC2)ccc2cncn12)[C@H]1CC[C@H](c2ccc(F)c3ccccc32)CC1. The van der Waals surface area contributed by atoms with Gasteiger partial charge in [-0.05, 0) is 84.9 Å². The zero-order chi connectivity index (χ0) is 20.9. The second-order valence-corrected chi connectivity index (χ2v) is 9.38. The Morgan fingerprint density at radius 2 is 1.52 bits per heavy atom. The van der Waals surface area contributed by atoms with E-state index >= 15 is 0 Å². The highest BCUT2D eigenvalue weighted by atomic mass is 19.1. The number of nitrogens with zero attached hydrogens (tertiary/aromatic N) is 2. The Morgan fingerprint density at radius 1 is 0.839 bits per heavy atom. The van der Waals surface area contributed by atoms with E-state index < -0.39 is 6.10 Å². The topological polar surface area (TPSA) is 37.5 Å². The molecule has 0 aliphatic heterocycles. The molecular weight excluding hydrogens is 387 g/mol. The highest BCUT2D eigenvalue weighted by Crippen LogP contribution is 2.47. The van der Waals surface area contributed by atoms with Gasteiger partial charge in [0.05, 0.1) is 29.8 Å². The molecule has 0 radical (unpaired) electrons. The van der Waals surface area contributed by atoms with Crippen LogP contribution in [0.3, 0.4) is 0 Å². The van der Waals surface area contributed by atoms with Crippen molar-refractivity contribution in [2.24, 2.45) is 5.92 Å². The largest absolute Gasteiger partial charge is 0.387 e. The molecule has 31 heavy (non-hydrogen) atoms. The Labute approximate surface area is 181 Å². The summed E-state index contributed by atoms with van der Waals surface area (Å²) in [5.41, 5.74) is 4.64. The normalized spacial score (nSPS) is 22.8. The first-order chi connectivity index (χ1) is 15.2. The fourth-order valence-electron chi connectivity index (χ4n) is 5.69. The van der Waals surface area contributed by atoms with Gasteiger partial charge in [0.1, 0.15) is 5.82 Å². The third-order valence-electron chi connectivity index (χ3n) is 7.52. The molecule has 1 N–H and O–H groups in total. The molecule has 0 bridgehead atoms. The monoisotopic (exact) mass is 414 g/mol. The van der Waals surface area contributed by atoms with Crippen LogP contribution in [0.5, 0.6) is 0 Å². The van der Waals surface area contributed by atoms with Gasteiger partial charge in [0.15, 0.2) is 0 Å². The number of imidazole rings is 1. The van der Waals surface area contributed by atoms with E-state index in [1.54, 1.807) is 6.07 Å². The highest BCUT2D eigenvalue weighted by molar-refractivity contribution is 5.86. The molecule has 2 aromatic heterocycles. The van der Waals surface area contributed by atoms with E-state index in [0.29, 0.717) is 17.2 Å². The van der Waals surface area contributed by atoms with Gasteiger partial charge in [-0.1, -0.05) is 36.4 Å². The predicted molar refractivity (Wildman–Crippen MR) is 121 cm³/mol. The Kier molecular flexibility index (Phi) is 4.57. The van der Waals surface area contributed by atoms with E-state index in [4.69, 9.17) is 0 Å². The van der Waals surface area contributed by atoms with E-state index in [1.165, 1.54) is 24.0 Å². The number of halogens is 1. The van der Waals surface area contributed by atoms with Gasteiger partial charge in [-0.15, -0.1) is 0 Å². The molecule has 2 aliphatic carbocycles. The van der Waals surface area contributed by atoms with E-state index in [9.17, 15) is 9.50 Å². The number of aliphatic hydroxyl groups excluding tert-OH is 1. The molecule has 0 saturated heterocycles. The standard InChI is InChI=1S/C27H27FN2O/c28-25-14-13-21(23-3-1-2-4-24(23)25)17-7-9-19(10-8-17)27(31)26-22(18-5-6-18)12-11-20-15-29-16-30(20)26/h1-4,11-19,27,31H,5-10H2/t17-,19-,27-/m0/s1. The lowest BCUT2D eigenvalue weighted by molar-refractivity contribution is 0.0755. The quantitative estimate of drug-likeness (QED) is 0.413. The molecule has 0 spiro atoms. The molecule has 4 aromatic rings. The molecule has 6 rings (SSSR count). The van der Waals surface area contributed by atoms with Crippen LogP contribution in [0.15, 0.2) is 61.1 Å². The Morgan fingerprint density at radius 3 is 2.29 bits per heavy atom. The van der Waals surface area contributed by atoms with Crippen molar-refractivity contribution < 1.29 is 9.50 Å². The number of fused-ring (bicyclic) bond motifs is 2. The van der Waals surface area contributed by atoms with Crippen LogP contribution in [-0.2, 0) is 0 Å². The number of aromatic nitrogens is 2. The van der Waals surface area contributed by atoms with Crippen molar-refractivity contribution in [3.05, 3.63) is 83.7 Å². The molecule has 4 heteroatoms. The predicted octanol–water partition coefficient (Wildman–Crippen LogP) is 6.51. The van der Waals surface area contributed by atoms with E-state index in [1.807, 2.05) is 42.9 Å². The van der Waals surface area contributed by atoms with Crippen molar-refractivity contribution in [1.82, 2.24) is 9.38 Å². The smallest absolute Gasteiger partial charge is 0.131 e. The van der Waals surface area contributed by atoms with Crippen LogP contribution in [0.1, 0.15) is 73.3 Å². The lowest BCUT2D eigenvalue weighted by Crippen LogP contribution is -2.22. The van der Waals surface area contributed by atoms with Gasteiger partial charge in [0.2, 0.25) is 0 Å². The maximum Gasteiger partial charge on any atom is 0.131 e. The van der Waals surface area contributed by atoms with Crippen LogP contribution < -0.4 is 0 Å². The lowest BCUT2D eigenvalue weighted by Gasteiger charge is -2.33. The summed E-state index contributed by atoms with van der Waals surface area (Å²) in [4.78, 5) is 4.32. The van der Waals surface area contributed by atoms with Gasteiger partial charge in [-0.3, -0.25) is 0 Å². The average Bonchev–Trinajstić information content (AvgIpc) is 3.55. The second kappa shape index (κ2) is 7.45. The molecule has 1 atom stereocenters. The van der Waals surface area contributed by atoms with Crippen LogP contribution in [0.2, 0.25) is 0 Å². The first-order valence-corrected chi connectivity index (χ1v) is 11.5. The Balaban J connectivity index is 1.27. The maximum absolute atomic E-state index is 14.3. The van der Waals surface area contributed by atoms with Gasteiger partial charge >= 0.3 is 0 Å². The average molecular weight is 415 g/mol. The molecule has 2 aromatic carbocycles. The lowest BCUT2D eigenvalue weighted by atomic mass is 9.74. The van der Waals surface area contributed by atoms with Gasteiger partial charge < -0.3 is 9.51 Å². The van der Waals surface area contributed by atoms with Gasteiger partial charge in [-0.25, -0.2) is 9.37 Å². The zero-order valence-electron chi connectivity index (χ0n) is 17.5. The molecule has 2 saturated carbocycles. The number of pyridine rings is 1. The van der Waals surface area contributed by atoms with E-state index in [-0.39, 0.29) is 11.7 Å². The van der Waals surface area contributed by atoms with Gasteiger partial charge in [-0.2, -0.15) is 0 Å². The van der Waals surface area contributed by atoms with Crippen LogP contribution in [0, 0.1) is 11.7 Å². The minimum Gasteiger partial charge on any atom is -0.387 e. The summed E-state index contributed by atoms with van der Waals surface area (Å²) in [7, 11) is 0. The van der Waals surface area contributed by atoms with Crippen LogP contribution >= 0.6 is 0 Å². The molecular formula is C27H27FN2O. The van der Waals surface area contributed by atoms with Crippen molar-refractivity contribution in [3.63, 3.8) is 0 Å². The number of benzene rings is 2. The van der Waals surface area contributed by atoms with Gasteiger partial charge in [0, 0.05) is 5.39 Å². The van der Waals surface area contributed by atoms with Crippen LogP contribution in [0.25, 0.3) is 16.3 Å². The third-order valence-corrected chi connectivity index (χ3v) is 7.52. The number of rotatable bonds is 4. The van der Waals surface area contributed by atoms with Crippen LogP contribution in [-0.4, -0.2) is 14.5 Å². The molecule has 2 aliphatic rings. The number of hydrogen-bond donors (Lipinski definition) is 1. The van der Waals surface area contributed by atoms with Crippen molar-refractivity contribution in [1.29, 1.82) is 0 Å². The summed E-state index contributed by atoms with van der Waals surface area (Å²) < 4.78 is 16.4. The van der Waals surface area contributed by atoms with Crippen molar-refractivity contribution >= 4 is 16.3 Å². The fourth-order valence-corrected chi connectivity index (χ4v) is 5.69. The first kappa shape index (κ1) is 19.0. The summed E-state index contributed by atoms with van der Waals surface area (Å²) in [6, 6.07) is 15.7. The summed E-state index contributed by atoms with van der Waals surface area (Å²) in [5.74, 6) is 1.09. The van der Waals surface area contributed by atoms with Crippen molar-refractivity contribution in [3.8, 4) is 0 Å². The molecule has 158 valence electrons. The summed E-state index contributed by atoms with van der Waals surface area (Å²) in [6.07, 6.45) is 9.67. The minimum absolute atomic E-state index is 0.149. The summed E-state index contributed by atoms with van der Waals surface area (Å²) in [6.45, 7) is 0. The summed E-state index contributed by atoms with van der Waals surface area (Å²) >= 11 is 0. The molecule has 3 nitrogen and oxygen atoms in total. The summed E-state index contributed by atoms with van der Waals surface area (Å²) in [5, 5.41) is 13.2. The zero-order valence-corrected chi connectivity index (χ0v) is 17.5. The van der Waals surface area contributed by atoms with Crippen molar-refractivity contribution in [2.45, 2.75) is 56.5 Å². The molecule has 0 unspecified atom stereocenters. The van der Waals surface area contributed by atoms with E-state index in [2.05, 4.69) is 21.5 Å². The molecule has 0 amide bonds. The van der Waals surface area contributed by atoms with Crippen molar-refractivity contribution in [2.75, 3.05) is 0 Å². The first-order valence-electron chi connectivity index (χ1n) is 11.5. The van der Waals surface area contributed by atoms with E-state index in [0.717, 1.165) is 42.3 Å². The second-order valence-electron chi connectivity index (χ2n) is 9.38. The third kappa shape index (κ3) is 3.25. The van der Waals surface area contributed by atoms with Gasteiger partial charge in [0.25, 0.3) is 0 Å². The number of hydrogen-bond acceptors (Lipinski definition) is 2. The number of aliphatic hydroxyl groups is 1.